The van der Waals surface area contributed by atoms with Crippen molar-refractivity contribution in [2.45, 2.75) is 50.5 Å². The zero-order valence-corrected chi connectivity index (χ0v) is 18.8. The summed E-state index contributed by atoms with van der Waals surface area (Å²) in [6.07, 6.45) is 9.01. The monoisotopic (exact) mass is 455 g/mol. The van der Waals surface area contributed by atoms with E-state index in [2.05, 4.69) is 11.4 Å². The first kappa shape index (κ1) is 21.9. The van der Waals surface area contributed by atoms with Gasteiger partial charge in [-0.15, -0.1) is 0 Å². The van der Waals surface area contributed by atoms with Gasteiger partial charge in [0.1, 0.15) is 11.3 Å². The molecule has 34 heavy (non-hydrogen) atoms. The van der Waals surface area contributed by atoms with Crippen LogP contribution < -0.4 is 5.32 Å². The summed E-state index contributed by atoms with van der Waals surface area (Å²) in [5.74, 6) is -0.277. The van der Waals surface area contributed by atoms with E-state index >= 15 is 0 Å². The molecular formula is C27H25N3O4. The predicted molar refractivity (Wildman–Crippen MR) is 126 cm³/mol. The molecular weight excluding hydrogens is 430 g/mol. The number of carbonyl (C=O) groups is 2. The third-order valence-electron chi connectivity index (χ3n) is 6.62. The Bertz CT molecular complexity index is 1310. The highest BCUT2D eigenvalue weighted by Gasteiger charge is 2.35. The maximum Gasteiger partial charge on any atom is 0.339 e. The number of allylic oxidation sites excluding steroid dienone is 1. The van der Waals surface area contributed by atoms with Crippen LogP contribution in [-0.4, -0.2) is 29.0 Å². The summed E-state index contributed by atoms with van der Waals surface area (Å²) in [4.78, 5) is 30.7. The number of amides is 1. The third kappa shape index (κ3) is 4.19. The Morgan fingerprint density at radius 3 is 2.74 bits per heavy atom. The number of hydrogen-bond acceptors (Lipinski definition) is 6. The number of aromatic nitrogens is 1. The zero-order valence-electron chi connectivity index (χ0n) is 18.8. The van der Waals surface area contributed by atoms with Gasteiger partial charge in [0.15, 0.2) is 6.61 Å². The van der Waals surface area contributed by atoms with Gasteiger partial charge < -0.3 is 14.5 Å². The average molecular weight is 456 g/mol. The second kappa shape index (κ2) is 9.14. The first-order valence-electron chi connectivity index (χ1n) is 11.6. The number of ether oxygens (including phenoxy) is 1. The van der Waals surface area contributed by atoms with E-state index in [0.717, 1.165) is 48.3 Å². The molecule has 1 saturated carbocycles. The van der Waals surface area contributed by atoms with Crippen LogP contribution >= 0.6 is 0 Å². The van der Waals surface area contributed by atoms with Crippen LogP contribution in [-0.2, 0) is 16.0 Å². The first-order valence-corrected chi connectivity index (χ1v) is 11.6. The van der Waals surface area contributed by atoms with Crippen molar-refractivity contribution in [3.63, 3.8) is 0 Å². The van der Waals surface area contributed by atoms with E-state index in [1.807, 2.05) is 42.5 Å². The molecule has 2 aliphatic rings. The van der Waals surface area contributed by atoms with Gasteiger partial charge in [-0.25, -0.2) is 9.78 Å². The maximum atomic E-state index is 13.3. The number of nitriles is 1. The summed E-state index contributed by atoms with van der Waals surface area (Å²) < 4.78 is 11.0. The van der Waals surface area contributed by atoms with Gasteiger partial charge in [0, 0.05) is 5.39 Å². The van der Waals surface area contributed by atoms with Gasteiger partial charge in [0.05, 0.1) is 29.1 Å². The third-order valence-corrected chi connectivity index (χ3v) is 6.62. The highest BCUT2D eigenvalue weighted by atomic mass is 16.5. The molecule has 1 N–H and O–H groups in total. The number of hydrogen-bond donors (Lipinski definition) is 1. The topological polar surface area (TPSA) is 105 Å². The van der Waals surface area contributed by atoms with Gasteiger partial charge in [-0.05, 0) is 80.4 Å². The number of pyridine rings is 1. The summed E-state index contributed by atoms with van der Waals surface area (Å²) >= 11 is 0. The smallest absolute Gasteiger partial charge is 0.339 e. The van der Waals surface area contributed by atoms with Crippen LogP contribution in [0.3, 0.4) is 0 Å². The number of para-hydroxylation sites is 1. The van der Waals surface area contributed by atoms with E-state index < -0.39 is 24.0 Å². The number of nitrogens with one attached hydrogen (secondary N) is 1. The molecule has 0 atom stereocenters. The van der Waals surface area contributed by atoms with Gasteiger partial charge in [-0.3, -0.25) is 4.79 Å². The van der Waals surface area contributed by atoms with Gasteiger partial charge in [-0.1, -0.05) is 18.2 Å². The fourth-order valence-corrected chi connectivity index (χ4v) is 5.00. The lowest BCUT2D eigenvalue weighted by molar-refractivity contribution is -0.125. The number of esters is 1. The molecule has 0 radical (unpaired) electrons. The van der Waals surface area contributed by atoms with Crippen LogP contribution in [0.15, 0.2) is 47.1 Å². The highest BCUT2D eigenvalue weighted by molar-refractivity contribution is 6.07. The molecule has 7 nitrogen and oxygen atoms in total. The van der Waals surface area contributed by atoms with E-state index in [1.54, 1.807) is 6.26 Å². The minimum absolute atomic E-state index is 0.428. The van der Waals surface area contributed by atoms with E-state index in [1.165, 1.54) is 0 Å². The summed E-state index contributed by atoms with van der Waals surface area (Å²) in [5, 5.41) is 13.0. The van der Waals surface area contributed by atoms with Gasteiger partial charge in [0.25, 0.3) is 5.91 Å². The Kier molecular flexibility index (Phi) is 5.89. The Morgan fingerprint density at radius 2 is 1.97 bits per heavy atom. The largest absolute Gasteiger partial charge is 0.465 e. The standard InChI is InChI=1S/C27H25N3O4/c28-17-27(12-3-4-13-27)30-23(31)16-34-26(32)24-20-9-1-2-11-22(20)29-25-18(7-5-10-21(24)25)15-19-8-6-14-33-19/h1-2,6,8-9,11,14-15H,3-5,7,10,12-13,16H2,(H,30,31)/b18-15-. The molecule has 2 aromatic heterocycles. The van der Waals surface area contributed by atoms with Crippen molar-refractivity contribution in [1.29, 1.82) is 5.26 Å². The molecule has 3 aromatic rings. The Morgan fingerprint density at radius 1 is 1.15 bits per heavy atom. The first-order chi connectivity index (χ1) is 16.6. The molecule has 0 unspecified atom stereocenters. The van der Waals surface area contributed by atoms with Crippen molar-refractivity contribution >= 4 is 34.4 Å². The number of carbonyl (C=O) groups excluding carboxylic acids is 2. The minimum atomic E-state index is -0.850. The number of nitrogens with zero attached hydrogens (tertiary/aromatic N) is 2. The van der Waals surface area contributed by atoms with Crippen molar-refractivity contribution in [1.82, 2.24) is 10.3 Å². The van der Waals surface area contributed by atoms with Crippen LogP contribution in [0.25, 0.3) is 22.6 Å². The van der Waals surface area contributed by atoms with Crippen LogP contribution in [0.2, 0.25) is 0 Å². The minimum Gasteiger partial charge on any atom is -0.465 e. The van der Waals surface area contributed by atoms with Crippen molar-refractivity contribution < 1.29 is 18.7 Å². The summed E-state index contributed by atoms with van der Waals surface area (Å²) in [7, 11) is 0. The fourth-order valence-electron chi connectivity index (χ4n) is 5.00. The lowest BCUT2D eigenvalue weighted by Crippen LogP contribution is -2.46. The molecule has 0 saturated heterocycles. The van der Waals surface area contributed by atoms with Crippen LogP contribution in [0.1, 0.15) is 65.9 Å². The molecule has 1 amide bonds. The normalized spacial score (nSPS) is 17.8. The molecule has 1 fully saturated rings. The van der Waals surface area contributed by atoms with Crippen molar-refractivity contribution in [2.24, 2.45) is 0 Å². The highest BCUT2D eigenvalue weighted by Crippen LogP contribution is 2.36. The molecule has 172 valence electrons. The molecule has 0 aliphatic heterocycles. The summed E-state index contributed by atoms with van der Waals surface area (Å²) in [6.45, 7) is -0.428. The van der Waals surface area contributed by atoms with Crippen molar-refractivity contribution in [3.05, 3.63) is 65.2 Å². The number of benzene rings is 1. The van der Waals surface area contributed by atoms with E-state index in [0.29, 0.717) is 35.7 Å². The second-order valence-electron chi connectivity index (χ2n) is 8.89. The number of furan rings is 1. The van der Waals surface area contributed by atoms with Crippen molar-refractivity contribution in [3.8, 4) is 6.07 Å². The number of rotatable bonds is 5. The lowest BCUT2D eigenvalue weighted by atomic mass is 9.86. The predicted octanol–water partition coefficient (Wildman–Crippen LogP) is 4.81. The number of fused-ring (bicyclic) bond motifs is 2. The van der Waals surface area contributed by atoms with E-state index in [4.69, 9.17) is 14.1 Å². The van der Waals surface area contributed by atoms with Gasteiger partial charge in [0.2, 0.25) is 0 Å². The van der Waals surface area contributed by atoms with Crippen LogP contribution in [0.5, 0.6) is 0 Å². The quantitative estimate of drug-likeness (QED) is 0.553. The molecule has 2 heterocycles. The second-order valence-corrected chi connectivity index (χ2v) is 8.89. The molecule has 0 bridgehead atoms. The molecule has 7 heteroatoms. The zero-order chi connectivity index (χ0) is 23.5. The van der Waals surface area contributed by atoms with Gasteiger partial charge >= 0.3 is 5.97 Å². The summed E-state index contributed by atoms with van der Waals surface area (Å²) in [6, 6.07) is 13.4. The average Bonchev–Trinajstić information content (AvgIpc) is 3.54. The van der Waals surface area contributed by atoms with Crippen LogP contribution in [0, 0.1) is 11.3 Å². The fraction of sp³-hybridized carbons (Fsp3) is 0.333. The van der Waals surface area contributed by atoms with Gasteiger partial charge in [-0.2, -0.15) is 5.26 Å². The van der Waals surface area contributed by atoms with Crippen LogP contribution in [0.4, 0.5) is 0 Å². The Balaban J connectivity index is 1.45. The molecule has 0 spiro atoms. The summed E-state index contributed by atoms with van der Waals surface area (Å²) in [5.41, 5.74) is 2.90. The SMILES string of the molecule is N#CC1(NC(=O)COC(=O)c2c3c(nc4ccccc24)/C(=C\c2ccco2)CCC3)CCCC1. The molecule has 1 aromatic carbocycles. The Labute approximate surface area is 197 Å². The molecule has 5 rings (SSSR count). The lowest BCUT2D eigenvalue weighted by Gasteiger charge is -2.23. The van der Waals surface area contributed by atoms with E-state index in [-0.39, 0.29) is 0 Å². The van der Waals surface area contributed by atoms with Crippen molar-refractivity contribution in [2.75, 3.05) is 6.61 Å². The Hall–Kier alpha value is -3.92. The maximum absolute atomic E-state index is 13.3. The molecule has 2 aliphatic carbocycles. The van der Waals surface area contributed by atoms with E-state index in [9.17, 15) is 14.9 Å².